The number of anilines is 1. The van der Waals surface area contributed by atoms with E-state index < -0.39 is 0 Å². The van der Waals surface area contributed by atoms with E-state index in [4.69, 9.17) is 4.74 Å². The number of phenols is 1. The standard InChI is InChI=1S/C23H27N5O3S/c1-3-28-22(17-4-8-19(29)9-5-17)24-25-23(28)32-16-21(30)27-14-12-26(13-15-27)18-6-10-20(31-2)11-7-18/h4-11,29H,3,12-16H2,1-2H3. The number of piperazine rings is 1. The Morgan fingerprint density at radius 2 is 1.72 bits per heavy atom. The van der Waals surface area contributed by atoms with Crippen molar-refractivity contribution in [2.24, 2.45) is 0 Å². The summed E-state index contributed by atoms with van der Waals surface area (Å²) >= 11 is 1.41. The molecule has 1 N–H and O–H groups in total. The number of carbonyl (C=O) groups excluding carboxylic acids is 1. The number of methoxy groups -OCH3 is 1. The second kappa shape index (κ2) is 9.95. The van der Waals surface area contributed by atoms with Crippen LogP contribution in [0.5, 0.6) is 11.5 Å². The Hall–Kier alpha value is -3.20. The number of hydrogen-bond donors (Lipinski definition) is 1. The summed E-state index contributed by atoms with van der Waals surface area (Å²) in [7, 11) is 1.66. The quantitative estimate of drug-likeness (QED) is 0.550. The van der Waals surface area contributed by atoms with Gasteiger partial charge in [-0.2, -0.15) is 0 Å². The van der Waals surface area contributed by atoms with Crippen LogP contribution < -0.4 is 9.64 Å². The monoisotopic (exact) mass is 453 g/mol. The number of phenolic OH excluding ortho intramolecular Hbond substituents is 1. The number of amides is 1. The average molecular weight is 454 g/mol. The molecular formula is C23H27N5O3S. The highest BCUT2D eigenvalue weighted by Crippen LogP contribution is 2.26. The zero-order valence-electron chi connectivity index (χ0n) is 18.3. The van der Waals surface area contributed by atoms with Crippen LogP contribution in [0.25, 0.3) is 11.4 Å². The van der Waals surface area contributed by atoms with Crippen LogP contribution >= 0.6 is 11.8 Å². The third-order valence-electron chi connectivity index (χ3n) is 5.55. The van der Waals surface area contributed by atoms with E-state index in [2.05, 4.69) is 27.2 Å². The minimum absolute atomic E-state index is 0.112. The molecule has 9 heteroatoms. The number of benzene rings is 2. The van der Waals surface area contributed by atoms with E-state index in [1.807, 2.05) is 40.7 Å². The second-order valence-corrected chi connectivity index (χ2v) is 8.39. The smallest absolute Gasteiger partial charge is 0.233 e. The predicted octanol–water partition coefficient (Wildman–Crippen LogP) is 3.12. The van der Waals surface area contributed by atoms with Crippen LogP contribution in [-0.2, 0) is 11.3 Å². The van der Waals surface area contributed by atoms with Gasteiger partial charge in [0, 0.05) is 44.0 Å². The summed E-state index contributed by atoms with van der Waals surface area (Å²) in [5, 5.41) is 18.8. The fraction of sp³-hybridized carbons (Fsp3) is 0.348. The maximum absolute atomic E-state index is 12.8. The molecule has 0 saturated carbocycles. The first kappa shape index (κ1) is 22.0. The summed E-state index contributed by atoms with van der Waals surface area (Å²) in [6, 6.07) is 14.9. The molecule has 1 aromatic heterocycles. The van der Waals surface area contributed by atoms with Gasteiger partial charge in [0.1, 0.15) is 11.5 Å². The van der Waals surface area contributed by atoms with Crippen molar-refractivity contribution in [2.45, 2.75) is 18.6 Å². The van der Waals surface area contributed by atoms with Gasteiger partial charge in [-0.05, 0) is 55.5 Å². The number of ether oxygens (including phenoxy) is 1. The van der Waals surface area contributed by atoms with Gasteiger partial charge >= 0.3 is 0 Å². The number of aromatic nitrogens is 3. The number of rotatable bonds is 7. The van der Waals surface area contributed by atoms with Crippen LogP contribution in [0.15, 0.2) is 53.7 Å². The molecule has 0 atom stereocenters. The highest BCUT2D eigenvalue weighted by molar-refractivity contribution is 7.99. The predicted molar refractivity (Wildman–Crippen MR) is 125 cm³/mol. The number of carbonyl (C=O) groups is 1. The molecule has 3 aromatic rings. The highest BCUT2D eigenvalue weighted by Gasteiger charge is 2.22. The van der Waals surface area contributed by atoms with Crippen LogP contribution in [0.4, 0.5) is 5.69 Å². The van der Waals surface area contributed by atoms with Gasteiger partial charge < -0.3 is 24.2 Å². The Morgan fingerprint density at radius 1 is 1.03 bits per heavy atom. The van der Waals surface area contributed by atoms with Crippen molar-refractivity contribution >= 4 is 23.4 Å². The molecule has 1 aliphatic heterocycles. The molecule has 2 aromatic carbocycles. The van der Waals surface area contributed by atoms with E-state index in [1.165, 1.54) is 11.8 Å². The zero-order valence-corrected chi connectivity index (χ0v) is 19.1. The summed E-state index contributed by atoms with van der Waals surface area (Å²) in [6.07, 6.45) is 0. The van der Waals surface area contributed by atoms with E-state index >= 15 is 0 Å². The van der Waals surface area contributed by atoms with Crippen molar-refractivity contribution in [2.75, 3.05) is 43.9 Å². The summed E-state index contributed by atoms with van der Waals surface area (Å²) in [6.45, 7) is 5.73. The molecule has 0 unspecified atom stereocenters. The fourth-order valence-electron chi connectivity index (χ4n) is 3.73. The molecule has 1 fully saturated rings. The van der Waals surface area contributed by atoms with Gasteiger partial charge in [-0.15, -0.1) is 10.2 Å². The maximum Gasteiger partial charge on any atom is 0.233 e. The lowest BCUT2D eigenvalue weighted by Gasteiger charge is -2.36. The summed E-state index contributed by atoms with van der Waals surface area (Å²) in [5.74, 6) is 2.23. The summed E-state index contributed by atoms with van der Waals surface area (Å²) in [4.78, 5) is 17.0. The molecular weight excluding hydrogens is 426 g/mol. The first-order valence-corrected chi connectivity index (χ1v) is 11.6. The minimum Gasteiger partial charge on any atom is -0.508 e. The van der Waals surface area contributed by atoms with Gasteiger partial charge in [-0.3, -0.25) is 4.79 Å². The zero-order chi connectivity index (χ0) is 22.5. The Morgan fingerprint density at radius 3 is 2.34 bits per heavy atom. The van der Waals surface area contributed by atoms with Gasteiger partial charge in [0.25, 0.3) is 0 Å². The first-order valence-electron chi connectivity index (χ1n) is 10.6. The Bertz CT molecular complexity index is 1040. The molecule has 168 valence electrons. The summed E-state index contributed by atoms with van der Waals surface area (Å²) < 4.78 is 7.21. The number of hydrogen-bond acceptors (Lipinski definition) is 7. The molecule has 0 spiro atoms. The van der Waals surface area contributed by atoms with Crippen LogP contribution in [0.2, 0.25) is 0 Å². The minimum atomic E-state index is 0.112. The molecule has 1 saturated heterocycles. The van der Waals surface area contributed by atoms with Crippen LogP contribution in [-0.4, -0.2) is 69.7 Å². The van der Waals surface area contributed by atoms with Gasteiger partial charge in [0.15, 0.2) is 11.0 Å². The topological polar surface area (TPSA) is 83.7 Å². The van der Waals surface area contributed by atoms with Crippen molar-refractivity contribution in [1.82, 2.24) is 19.7 Å². The average Bonchev–Trinajstić information content (AvgIpc) is 3.26. The normalized spacial score (nSPS) is 13.9. The van der Waals surface area contributed by atoms with Gasteiger partial charge in [-0.1, -0.05) is 11.8 Å². The molecule has 4 rings (SSSR count). The van der Waals surface area contributed by atoms with E-state index in [0.717, 1.165) is 41.1 Å². The van der Waals surface area contributed by atoms with Crippen molar-refractivity contribution in [3.05, 3.63) is 48.5 Å². The molecule has 8 nitrogen and oxygen atoms in total. The number of nitrogens with zero attached hydrogens (tertiary/aromatic N) is 5. The number of thioether (sulfide) groups is 1. The lowest BCUT2D eigenvalue weighted by molar-refractivity contribution is -0.128. The van der Waals surface area contributed by atoms with Crippen molar-refractivity contribution in [3.63, 3.8) is 0 Å². The lowest BCUT2D eigenvalue weighted by Crippen LogP contribution is -2.49. The molecule has 32 heavy (non-hydrogen) atoms. The number of aromatic hydroxyl groups is 1. The second-order valence-electron chi connectivity index (χ2n) is 7.45. The fourth-order valence-corrected chi connectivity index (χ4v) is 4.63. The first-order chi connectivity index (χ1) is 15.6. The highest BCUT2D eigenvalue weighted by atomic mass is 32.2. The largest absolute Gasteiger partial charge is 0.508 e. The third-order valence-corrected chi connectivity index (χ3v) is 6.50. The SMILES string of the molecule is CCn1c(SCC(=O)N2CCN(c3ccc(OC)cc3)CC2)nnc1-c1ccc(O)cc1. The van der Waals surface area contributed by atoms with Crippen molar-refractivity contribution in [1.29, 1.82) is 0 Å². The molecule has 1 amide bonds. The van der Waals surface area contributed by atoms with Gasteiger partial charge in [0.2, 0.25) is 5.91 Å². The van der Waals surface area contributed by atoms with E-state index in [-0.39, 0.29) is 11.7 Å². The van der Waals surface area contributed by atoms with Crippen LogP contribution in [0.1, 0.15) is 6.92 Å². The Labute approximate surface area is 191 Å². The molecule has 0 bridgehead atoms. The maximum atomic E-state index is 12.8. The molecule has 0 radical (unpaired) electrons. The van der Waals surface area contributed by atoms with E-state index in [9.17, 15) is 9.90 Å². The Balaban J connectivity index is 1.33. The van der Waals surface area contributed by atoms with Gasteiger partial charge in [0.05, 0.1) is 12.9 Å². The van der Waals surface area contributed by atoms with Crippen LogP contribution in [0, 0.1) is 0 Å². The van der Waals surface area contributed by atoms with Crippen LogP contribution in [0.3, 0.4) is 0 Å². The summed E-state index contributed by atoms with van der Waals surface area (Å²) in [5.41, 5.74) is 2.02. The van der Waals surface area contributed by atoms with Crippen molar-refractivity contribution in [3.8, 4) is 22.9 Å². The Kier molecular flexibility index (Phi) is 6.84. The molecule has 2 heterocycles. The van der Waals surface area contributed by atoms with E-state index in [1.54, 1.807) is 19.2 Å². The van der Waals surface area contributed by atoms with Gasteiger partial charge in [-0.25, -0.2) is 0 Å². The van der Waals surface area contributed by atoms with E-state index in [0.29, 0.717) is 25.4 Å². The lowest BCUT2D eigenvalue weighted by atomic mass is 10.2. The molecule has 0 aliphatic carbocycles. The van der Waals surface area contributed by atoms with Crippen molar-refractivity contribution < 1.29 is 14.6 Å². The third kappa shape index (κ3) is 4.83. The molecule has 1 aliphatic rings.